The molecule has 0 atom stereocenters. The molecule has 1 N–H and O–H groups in total. The first-order valence-electron chi connectivity index (χ1n) is 5.70. The van der Waals surface area contributed by atoms with E-state index < -0.39 is 0 Å². The molecule has 1 aromatic heterocycles. The highest BCUT2D eigenvalue weighted by atomic mass is 79.9. The van der Waals surface area contributed by atoms with Crippen LogP contribution in [-0.4, -0.2) is 9.55 Å². The normalized spacial score (nSPS) is 10.5. The third kappa shape index (κ3) is 2.98. The number of aromatic nitrogens is 2. The topological polar surface area (TPSA) is 54.9 Å². The standard InChI is InChI=1S/C13H13BrN2O2/c14-11-9-15-13(18)16(12(11)17)8-4-7-10-5-2-1-3-6-10/h1-3,5-6,9H,4,7-8H2,(H,15,18). The van der Waals surface area contributed by atoms with Gasteiger partial charge >= 0.3 is 5.69 Å². The van der Waals surface area contributed by atoms with Crippen LogP contribution in [0.2, 0.25) is 0 Å². The van der Waals surface area contributed by atoms with Gasteiger partial charge in [0.1, 0.15) is 0 Å². The van der Waals surface area contributed by atoms with E-state index in [1.807, 2.05) is 30.3 Å². The molecule has 0 aliphatic rings. The lowest BCUT2D eigenvalue weighted by molar-refractivity contribution is 0.587. The molecule has 0 unspecified atom stereocenters. The van der Waals surface area contributed by atoms with Gasteiger partial charge in [-0.2, -0.15) is 0 Å². The van der Waals surface area contributed by atoms with Crippen molar-refractivity contribution in [3.63, 3.8) is 0 Å². The van der Waals surface area contributed by atoms with Gasteiger partial charge in [-0.05, 0) is 34.3 Å². The summed E-state index contributed by atoms with van der Waals surface area (Å²) in [6, 6.07) is 10.00. The number of halogens is 1. The van der Waals surface area contributed by atoms with Gasteiger partial charge in [0, 0.05) is 12.7 Å². The van der Waals surface area contributed by atoms with Crippen LogP contribution in [0.1, 0.15) is 12.0 Å². The van der Waals surface area contributed by atoms with Gasteiger partial charge in [0.25, 0.3) is 5.56 Å². The second-order valence-corrected chi connectivity index (χ2v) is 4.84. The average Bonchev–Trinajstić information content (AvgIpc) is 2.39. The Kier molecular flexibility index (Phi) is 4.15. The van der Waals surface area contributed by atoms with Gasteiger partial charge in [0.2, 0.25) is 0 Å². The van der Waals surface area contributed by atoms with E-state index >= 15 is 0 Å². The third-order valence-corrected chi connectivity index (χ3v) is 3.28. The number of aromatic amines is 1. The predicted octanol–water partition coefficient (Wildman–Crippen LogP) is 1.93. The lowest BCUT2D eigenvalue weighted by atomic mass is 10.1. The third-order valence-electron chi connectivity index (χ3n) is 2.71. The van der Waals surface area contributed by atoms with E-state index in [4.69, 9.17) is 0 Å². The molecule has 0 fully saturated rings. The molecule has 2 rings (SSSR count). The molecule has 0 radical (unpaired) electrons. The molecule has 0 spiro atoms. The maximum absolute atomic E-state index is 11.7. The van der Waals surface area contributed by atoms with Crippen LogP contribution in [0.25, 0.3) is 0 Å². The van der Waals surface area contributed by atoms with Crippen molar-refractivity contribution in [2.45, 2.75) is 19.4 Å². The first-order chi connectivity index (χ1) is 8.68. The van der Waals surface area contributed by atoms with Crippen molar-refractivity contribution in [1.82, 2.24) is 9.55 Å². The molecule has 0 aliphatic carbocycles. The lowest BCUT2D eigenvalue weighted by Crippen LogP contribution is -2.35. The first kappa shape index (κ1) is 12.8. The van der Waals surface area contributed by atoms with E-state index in [1.165, 1.54) is 16.3 Å². The number of hydrogen-bond acceptors (Lipinski definition) is 2. The number of benzene rings is 1. The second kappa shape index (κ2) is 5.82. The summed E-state index contributed by atoms with van der Waals surface area (Å²) in [4.78, 5) is 25.8. The summed E-state index contributed by atoms with van der Waals surface area (Å²) in [6.07, 6.45) is 2.97. The van der Waals surface area contributed by atoms with E-state index in [0.717, 1.165) is 12.8 Å². The van der Waals surface area contributed by atoms with E-state index in [9.17, 15) is 9.59 Å². The zero-order valence-corrected chi connectivity index (χ0v) is 11.3. The molecule has 5 heteroatoms. The van der Waals surface area contributed by atoms with Crippen LogP contribution in [0, 0.1) is 0 Å². The van der Waals surface area contributed by atoms with Gasteiger partial charge in [-0.25, -0.2) is 4.79 Å². The fraction of sp³-hybridized carbons (Fsp3) is 0.231. The molecular formula is C13H13BrN2O2. The molecule has 0 amide bonds. The van der Waals surface area contributed by atoms with Crippen LogP contribution in [-0.2, 0) is 13.0 Å². The summed E-state index contributed by atoms with van der Waals surface area (Å²) in [7, 11) is 0. The van der Waals surface area contributed by atoms with Crippen molar-refractivity contribution in [3.8, 4) is 0 Å². The molecule has 2 aromatic rings. The molecular weight excluding hydrogens is 296 g/mol. The SMILES string of the molecule is O=c1[nH]cc(Br)c(=O)n1CCCc1ccccc1. The van der Waals surface area contributed by atoms with Crippen molar-refractivity contribution in [2.24, 2.45) is 0 Å². The number of nitrogens with zero attached hydrogens (tertiary/aromatic N) is 1. The Hall–Kier alpha value is -1.62. The molecule has 4 nitrogen and oxygen atoms in total. The molecule has 1 heterocycles. The fourth-order valence-electron chi connectivity index (χ4n) is 1.77. The monoisotopic (exact) mass is 308 g/mol. The van der Waals surface area contributed by atoms with Gasteiger partial charge in [0.05, 0.1) is 4.47 Å². The summed E-state index contributed by atoms with van der Waals surface area (Å²) in [6.45, 7) is 0.419. The van der Waals surface area contributed by atoms with E-state index in [2.05, 4.69) is 20.9 Å². The van der Waals surface area contributed by atoms with Gasteiger partial charge in [-0.3, -0.25) is 9.36 Å². The molecule has 0 bridgehead atoms. The van der Waals surface area contributed by atoms with Crippen molar-refractivity contribution in [3.05, 3.63) is 67.4 Å². The van der Waals surface area contributed by atoms with Crippen LogP contribution >= 0.6 is 15.9 Å². The Morgan fingerprint density at radius 2 is 1.89 bits per heavy atom. The molecule has 0 saturated carbocycles. The van der Waals surface area contributed by atoms with Crippen LogP contribution < -0.4 is 11.2 Å². The Bertz CT molecular complexity index is 631. The van der Waals surface area contributed by atoms with Crippen molar-refractivity contribution in [1.29, 1.82) is 0 Å². The van der Waals surface area contributed by atoms with Gasteiger partial charge in [0.15, 0.2) is 0 Å². The molecule has 0 aliphatic heterocycles. The zero-order chi connectivity index (χ0) is 13.0. The van der Waals surface area contributed by atoms with Crippen molar-refractivity contribution in [2.75, 3.05) is 0 Å². The molecule has 0 saturated heterocycles. The van der Waals surface area contributed by atoms with E-state index in [1.54, 1.807) is 0 Å². The maximum atomic E-state index is 11.7. The average molecular weight is 309 g/mol. The highest BCUT2D eigenvalue weighted by molar-refractivity contribution is 9.10. The minimum absolute atomic E-state index is 0.285. The number of rotatable bonds is 4. The van der Waals surface area contributed by atoms with Gasteiger partial charge in [-0.1, -0.05) is 30.3 Å². The van der Waals surface area contributed by atoms with Crippen LogP contribution in [0.4, 0.5) is 0 Å². The number of H-pyrrole nitrogens is 1. The van der Waals surface area contributed by atoms with Crippen molar-refractivity contribution >= 4 is 15.9 Å². The minimum Gasteiger partial charge on any atom is -0.313 e. The fourth-order valence-corrected chi connectivity index (χ4v) is 2.10. The quantitative estimate of drug-likeness (QED) is 0.938. The Morgan fingerprint density at radius 3 is 2.61 bits per heavy atom. The van der Waals surface area contributed by atoms with Crippen molar-refractivity contribution < 1.29 is 0 Å². The summed E-state index contributed by atoms with van der Waals surface area (Å²) in [5.74, 6) is 0. The number of hydrogen-bond donors (Lipinski definition) is 1. The lowest BCUT2D eigenvalue weighted by Gasteiger charge is -2.04. The predicted molar refractivity (Wildman–Crippen MR) is 73.8 cm³/mol. The van der Waals surface area contributed by atoms with E-state index in [0.29, 0.717) is 11.0 Å². The maximum Gasteiger partial charge on any atom is 0.328 e. The largest absolute Gasteiger partial charge is 0.328 e. The smallest absolute Gasteiger partial charge is 0.313 e. The van der Waals surface area contributed by atoms with E-state index in [-0.39, 0.29) is 11.2 Å². The molecule has 94 valence electrons. The van der Waals surface area contributed by atoms with Crippen LogP contribution in [0.3, 0.4) is 0 Å². The van der Waals surface area contributed by atoms with Gasteiger partial charge in [-0.15, -0.1) is 0 Å². The summed E-state index contributed by atoms with van der Waals surface area (Å²) < 4.78 is 1.59. The van der Waals surface area contributed by atoms with Crippen LogP contribution in [0.5, 0.6) is 0 Å². The molecule has 18 heavy (non-hydrogen) atoms. The summed E-state index contributed by atoms with van der Waals surface area (Å²) >= 11 is 3.11. The highest BCUT2D eigenvalue weighted by Crippen LogP contribution is 2.03. The zero-order valence-electron chi connectivity index (χ0n) is 9.73. The Balaban J connectivity index is 2.06. The Labute approximate surface area is 112 Å². The minimum atomic E-state index is -0.365. The van der Waals surface area contributed by atoms with Crippen LogP contribution in [0.15, 0.2) is 50.6 Å². The highest BCUT2D eigenvalue weighted by Gasteiger charge is 2.04. The number of aryl methyl sites for hydroxylation is 1. The molecule has 1 aromatic carbocycles. The summed E-state index contributed by atoms with van der Waals surface area (Å²) in [5.41, 5.74) is 0.556. The van der Waals surface area contributed by atoms with Gasteiger partial charge < -0.3 is 4.98 Å². The summed E-state index contributed by atoms with van der Waals surface area (Å²) in [5, 5.41) is 0. The second-order valence-electron chi connectivity index (χ2n) is 3.99. The number of nitrogens with one attached hydrogen (secondary N) is 1. The first-order valence-corrected chi connectivity index (χ1v) is 6.50. The Morgan fingerprint density at radius 1 is 1.17 bits per heavy atom.